The second-order valence-corrected chi connectivity index (χ2v) is 15.0. The summed E-state index contributed by atoms with van der Waals surface area (Å²) in [6.07, 6.45) is 15.4. The van der Waals surface area contributed by atoms with Gasteiger partial charge in [0, 0.05) is 70.3 Å². The molecular weight excluding hydrogens is 597 g/mol. The first-order valence-electron chi connectivity index (χ1n) is 17.8. The molecule has 2 aromatic heterocycles. The van der Waals surface area contributed by atoms with Crippen LogP contribution in [0.15, 0.2) is 34.6 Å². The number of pyridine rings is 1. The van der Waals surface area contributed by atoms with Gasteiger partial charge in [-0.3, -0.25) is 9.69 Å². The maximum absolute atomic E-state index is 13.7. The summed E-state index contributed by atoms with van der Waals surface area (Å²) in [6.45, 7) is 11.2. The third kappa shape index (κ3) is 7.53. The number of carbonyl (C=O) groups is 2. The van der Waals surface area contributed by atoms with Gasteiger partial charge < -0.3 is 14.5 Å². The fourth-order valence-electron chi connectivity index (χ4n) is 8.38. The molecule has 1 unspecified atom stereocenters. The van der Waals surface area contributed by atoms with Gasteiger partial charge in [-0.25, -0.2) is 19.7 Å². The molecule has 2 aromatic rings. The molecule has 3 aliphatic heterocycles. The first-order valence-corrected chi connectivity index (χ1v) is 18.6. The highest BCUT2D eigenvalue weighted by molar-refractivity contribution is 7.99. The van der Waals surface area contributed by atoms with Crippen molar-refractivity contribution < 1.29 is 14.3 Å². The lowest BCUT2D eigenvalue weighted by Gasteiger charge is -2.52. The van der Waals surface area contributed by atoms with Crippen LogP contribution in [0.2, 0.25) is 0 Å². The van der Waals surface area contributed by atoms with Crippen LogP contribution in [0.25, 0.3) is 0 Å². The molecule has 1 aliphatic carbocycles. The van der Waals surface area contributed by atoms with Gasteiger partial charge in [0.2, 0.25) is 0 Å². The summed E-state index contributed by atoms with van der Waals surface area (Å²) in [5.74, 6) is 1.08. The molecule has 1 spiro atoms. The van der Waals surface area contributed by atoms with Crippen LogP contribution in [-0.2, 0) is 4.74 Å². The van der Waals surface area contributed by atoms with E-state index in [1.807, 2.05) is 36.9 Å². The molecule has 9 nitrogen and oxygen atoms in total. The number of hydrogen-bond acceptors (Lipinski definition) is 8. The van der Waals surface area contributed by atoms with Crippen molar-refractivity contribution in [1.82, 2.24) is 29.7 Å². The molecule has 5 heterocycles. The van der Waals surface area contributed by atoms with Crippen molar-refractivity contribution >= 4 is 23.8 Å². The highest BCUT2D eigenvalue weighted by Gasteiger charge is 2.50. The Labute approximate surface area is 279 Å². The predicted molar refractivity (Wildman–Crippen MR) is 180 cm³/mol. The third-order valence-electron chi connectivity index (χ3n) is 11.1. The number of carbonyl (C=O) groups excluding carboxylic acids is 2. The molecule has 3 saturated heterocycles. The topological polar surface area (TPSA) is 91.8 Å². The standard InChI is InChI=1S/C36H52N6O3S/c1-4-5-13-29-25-42(24-28-11-7-6-8-12-28)35(44)45-36(29)17-22-40(23-18-36)30-15-20-41(21-16-30)33(43)32-26(2)38-34(39-27(32)3)46-31-14-9-10-19-37-31/h9-10,14,19,28-30H,4-8,11-13,15-18,20-25H2,1-3H3. The van der Waals surface area contributed by atoms with E-state index in [1.54, 1.807) is 6.20 Å². The molecule has 1 saturated carbocycles. The minimum atomic E-state index is -0.321. The van der Waals surface area contributed by atoms with Crippen molar-refractivity contribution in [3.8, 4) is 0 Å². The Morgan fingerprint density at radius 2 is 1.72 bits per heavy atom. The summed E-state index contributed by atoms with van der Waals surface area (Å²) in [6, 6.07) is 6.21. The van der Waals surface area contributed by atoms with Crippen molar-refractivity contribution in [2.75, 3.05) is 39.3 Å². The molecule has 6 rings (SSSR count). The number of amides is 2. The lowest BCUT2D eigenvalue weighted by atomic mass is 9.75. The molecule has 0 bridgehead atoms. The Kier molecular flexibility index (Phi) is 10.8. The van der Waals surface area contributed by atoms with E-state index >= 15 is 0 Å². The minimum Gasteiger partial charge on any atom is -0.442 e. The molecule has 46 heavy (non-hydrogen) atoms. The van der Waals surface area contributed by atoms with Gasteiger partial charge in [0.1, 0.15) is 10.6 Å². The fourth-order valence-corrected chi connectivity index (χ4v) is 9.19. The Morgan fingerprint density at radius 3 is 2.37 bits per heavy atom. The van der Waals surface area contributed by atoms with Crippen molar-refractivity contribution in [2.45, 2.75) is 120 Å². The van der Waals surface area contributed by atoms with Gasteiger partial charge in [0.05, 0.1) is 17.0 Å². The number of aromatic nitrogens is 3. The SMILES string of the molecule is CCCCC1CN(CC2CCCCC2)C(=O)OC12CCN(C1CCN(C(=O)c3c(C)nc(Sc4ccccn4)nc3C)CC1)CC2. The van der Waals surface area contributed by atoms with E-state index in [0.29, 0.717) is 28.6 Å². The summed E-state index contributed by atoms with van der Waals surface area (Å²) >= 11 is 1.41. The van der Waals surface area contributed by atoms with Crippen LogP contribution in [0.4, 0.5) is 4.79 Å². The number of piperidine rings is 2. The number of hydrogen-bond donors (Lipinski definition) is 0. The Hall–Kier alpha value is -2.72. The molecule has 10 heteroatoms. The van der Waals surface area contributed by atoms with Crippen molar-refractivity contribution in [3.63, 3.8) is 0 Å². The lowest BCUT2D eigenvalue weighted by Crippen LogP contribution is -2.61. The van der Waals surface area contributed by atoms with Gasteiger partial charge in [0.15, 0.2) is 5.16 Å². The highest BCUT2D eigenvalue weighted by Crippen LogP contribution is 2.42. The second-order valence-electron chi connectivity index (χ2n) is 14.1. The van der Waals surface area contributed by atoms with Gasteiger partial charge in [-0.2, -0.15) is 0 Å². The van der Waals surface area contributed by atoms with E-state index in [-0.39, 0.29) is 17.6 Å². The van der Waals surface area contributed by atoms with Gasteiger partial charge in [-0.05, 0) is 75.8 Å². The largest absolute Gasteiger partial charge is 0.442 e. The number of nitrogens with zero attached hydrogens (tertiary/aromatic N) is 6. The van der Waals surface area contributed by atoms with Crippen LogP contribution >= 0.6 is 11.8 Å². The highest BCUT2D eigenvalue weighted by atomic mass is 32.2. The second kappa shape index (κ2) is 15.0. The van der Waals surface area contributed by atoms with E-state index in [4.69, 9.17) is 4.74 Å². The van der Waals surface area contributed by atoms with Crippen LogP contribution in [0.3, 0.4) is 0 Å². The zero-order valence-corrected chi connectivity index (χ0v) is 28.9. The normalized spacial score (nSPS) is 23.1. The number of ether oxygens (including phenoxy) is 1. The lowest BCUT2D eigenvalue weighted by molar-refractivity contribution is -0.127. The molecule has 4 aliphatic rings. The van der Waals surface area contributed by atoms with E-state index in [2.05, 4.69) is 31.7 Å². The van der Waals surface area contributed by atoms with Gasteiger partial charge in [0.25, 0.3) is 5.91 Å². The first kappa shape index (κ1) is 33.2. The van der Waals surface area contributed by atoms with Gasteiger partial charge >= 0.3 is 6.09 Å². The van der Waals surface area contributed by atoms with Crippen LogP contribution in [-0.4, -0.2) is 92.6 Å². The average Bonchev–Trinajstić information content (AvgIpc) is 3.06. The van der Waals surface area contributed by atoms with Crippen molar-refractivity contribution in [2.24, 2.45) is 11.8 Å². The van der Waals surface area contributed by atoms with Crippen molar-refractivity contribution in [3.05, 3.63) is 41.3 Å². The van der Waals surface area contributed by atoms with Crippen LogP contribution in [0.5, 0.6) is 0 Å². The summed E-state index contributed by atoms with van der Waals surface area (Å²) < 4.78 is 6.47. The van der Waals surface area contributed by atoms with E-state index in [9.17, 15) is 9.59 Å². The number of likely N-dealkylation sites (tertiary alicyclic amines) is 2. The Balaban J connectivity index is 1.03. The zero-order chi connectivity index (χ0) is 32.1. The fraction of sp³-hybridized carbons (Fsp3) is 0.694. The average molecular weight is 649 g/mol. The molecule has 0 radical (unpaired) electrons. The van der Waals surface area contributed by atoms with Crippen LogP contribution in [0.1, 0.15) is 106 Å². The number of unbranched alkanes of at least 4 members (excludes halogenated alkanes) is 1. The summed E-state index contributed by atoms with van der Waals surface area (Å²) in [5.41, 5.74) is 1.74. The maximum atomic E-state index is 13.7. The monoisotopic (exact) mass is 648 g/mol. The first-order chi connectivity index (χ1) is 22.3. The molecule has 0 N–H and O–H groups in total. The van der Waals surface area contributed by atoms with E-state index in [0.717, 1.165) is 87.8 Å². The minimum absolute atomic E-state index is 0.0334. The van der Waals surface area contributed by atoms with Gasteiger partial charge in [-0.15, -0.1) is 0 Å². The summed E-state index contributed by atoms with van der Waals surface area (Å²) in [7, 11) is 0. The molecule has 0 aromatic carbocycles. The Morgan fingerprint density at radius 1 is 1.00 bits per heavy atom. The molecule has 4 fully saturated rings. The maximum Gasteiger partial charge on any atom is 0.410 e. The molecule has 2 amide bonds. The smallest absolute Gasteiger partial charge is 0.410 e. The van der Waals surface area contributed by atoms with E-state index < -0.39 is 0 Å². The Bertz CT molecular complexity index is 1310. The molecule has 1 atom stereocenters. The number of aryl methyl sites for hydroxylation is 2. The summed E-state index contributed by atoms with van der Waals surface area (Å²) in [4.78, 5) is 47.3. The quantitative estimate of drug-likeness (QED) is 0.271. The molecule has 250 valence electrons. The third-order valence-corrected chi connectivity index (χ3v) is 11.9. The van der Waals surface area contributed by atoms with Crippen LogP contribution in [0, 0.1) is 25.7 Å². The summed E-state index contributed by atoms with van der Waals surface area (Å²) in [5, 5.41) is 1.45. The van der Waals surface area contributed by atoms with E-state index in [1.165, 1.54) is 56.7 Å². The van der Waals surface area contributed by atoms with Crippen LogP contribution < -0.4 is 0 Å². The van der Waals surface area contributed by atoms with Crippen molar-refractivity contribution in [1.29, 1.82) is 0 Å². The predicted octanol–water partition coefficient (Wildman–Crippen LogP) is 6.92. The number of rotatable bonds is 9. The van der Waals surface area contributed by atoms with Gasteiger partial charge in [-0.1, -0.05) is 45.1 Å². The molecular formula is C36H52N6O3S. The zero-order valence-electron chi connectivity index (χ0n) is 28.1.